The predicted octanol–water partition coefficient (Wildman–Crippen LogP) is 3.23. The van der Waals surface area contributed by atoms with Gasteiger partial charge in [0.15, 0.2) is 0 Å². The number of aromatic nitrogens is 1. The molecule has 6 heteroatoms. The van der Waals surface area contributed by atoms with E-state index in [-0.39, 0.29) is 6.03 Å². The minimum atomic E-state index is -0.184. The van der Waals surface area contributed by atoms with Crippen LogP contribution in [0.25, 0.3) is 0 Å². The van der Waals surface area contributed by atoms with E-state index in [0.29, 0.717) is 29.4 Å². The molecule has 0 radical (unpaired) electrons. The summed E-state index contributed by atoms with van der Waals surface area (Å²) in [4.78, 5) is 17.4. The molecule has 2 amide bonds. The van der Waals surface area contributed by atoms with Gasteiger partial charge in [0.25, 0.3) is 0 Å². The summed E-state index contributed by atoms with van der Waals surface area (Å²) in [7, 11) is 1.72. The average Bonchev–Trinajstić information content (AvgIpc) is 2.55. The van der Waals surface area contributed by atoms with E-state index in [4.69, 9.17) is 10.00 Å². The molecule has 1 N–H and O–H groups in total. The molecule has 2 aromatic rings. The fraction of sp³-hybridized carbons (Fsp3) is 0.188. The molecule has 0 fully saturated rings. The second-order valence-corrected chi connectivity index (χ2v) is 4.57. The van der Waals surface area contributed by atoms with Crippen LogP contribution in [0.15, 0.2) is 42.6 Å². The third-order valence-corrected chi connectivity index (χ3v) is 2.99. The van der Waals surface area contributed by atoms with E-state index in [1.54, 1.807) is 48.3 Å². The number of nitrogens with one attached hydrogen (secondary N) is 1. The topological polar surface area (TPSA) is 78.3 Å². The lowest BCUT2D eigenvalue weighted by atomic mass is 10.3. The highest BCUT2D eigenvalue weighted by Crippen LogP contribution is 2.22. The van der Waals surface area contributed by atoms with Crippen LogP contribution in [0.2, 0.25) is 0 Å². The van der Waals surface area contributed by atoms with Crippen LogP contribution in [0.3, 0.4) is 0 Å². The maximum atomic E-state index is 11.8. The van der Waals surface area contributed by atoms with Gasteiger partial charge in [0.2, 0.25) is 5.88 Å². The normalized spacial score (nSPS) is 9.68. The lowest BCUT2D eigenvalue weighted by molar-refractivity contribution is 0.224. The molecular formula is C16H16N4O2. The number of nitriles is 1. The minimum Gasteiger partial charge on any atom is -0.439 e. The first-order valence-corrected chi connectivity index (χ1v) is 6.78. The lowest BCUT2D eigenvalue weighted by Crippen LogP contribution is -2.30. The summed E-state index contributed by atoms with van der Waals surface area (Å²) < 4.78 is 5.60. The van der Waals surface area contributed by atoms with Crippen molar-refractivity contribution in [2.45, 2.75) is 6.92 Å². The van der Waals surface area contributed by atoms with Gasteiger partial charge < -0.3 is 15.0 Å². The molecule has 0 bridgehead atoms. The summed E-state index contributed by atoms with van der Waals surface area (Å²) in [6, 6.07) is 12.1. The molecule has 1 aromatic carbocycles. The first-order valence-electron chi connectivity index (χ1n) is 6.78. The van der Waals surface area contributed by atoms with Crippen LogP contribution in [0.4, 0.5) is 10.5 Å². The number of anilines is 1. The van der Waals surface area contributed by atoms with Crippen LogP contribution < -0.4 is 10.1 Å². The molecule has 22 heavy (non-hydrogen) atoms. The predicted molar refractivity (Wildman–Crippen MR) is 82.8 cm³/mol. The van der Waals surface area contributed by atoms with Crippen LogP contribution in [-0.2, 0) is 0 Å². The smallest absolute Gasteiger partial charge is 0.321 e. The van der Waals surface area contributed by atoms with Gasteiger partial charge in [-0.3, -0.25) is 0 Å². The van der Waals surface area contributed by atoms with E-state index in [1.807, 2.05) is 13.0 Å². The molecule has 0 saturated heterocycles. The number of carbonyl (C=O) groups is 1. The standard InChI is InChI=1S/C16H16N4O2/c1-3-20(2)16(21)19-13-5-4-6-14(9-13)22-15-8-7-12(10-17)11-18-15/h4-9,11H,3H2,1-2H3,(H,19,21). The largest absolute Gasteiger partial charge is 0.439 e. The molecule has 0 aliphatic carbocycles. The van der Waals surface area contributed by atoms with Crippen molar-refractivity contribution >= 4 is 11.7 Å². The van der Waals surface area contributed by atoms with Crippen molar-refractivity contribution in [1.29, 1.82) is 5.26 Å². The SMILES string of the molecule is CCN(C)C(=O)Nc1cccc(Oc2ccc(C#N)cn2)c1. The minimum absolute atomic E-state index is 0.184. The number of pyridine rings is 1. The molecule has 2 rings (SSSR count). The number of nitrogens with zero attached hydrogens (tertiary/aromatic N) is 3. The number of carbonyl (C=O) groups excluding carboxylic acids is 1. The summed E-state index contributed by atoms with van der Waals surface area (Å²) in [6.07, 6.45) is 1.44. The van der Waals surface area contributed by atoms with Crippen molar-refractivity contribution in [3.05, 3.63) is 48.2 Å². The van der Waals surface area contributed by atoms with Crippen LogP contribution in [0.1, 0.15) is 12.5 Å². The third kappa shape index (κ3) is 3.96. The summed E-state index contributed by atoms with van der Waals surface area (Å²) in [5, 5.41) is 11.5. The Balaban J connectivity index is 2.07. The van der Waals surface area contributed by atoms with Gasteiger partial charge in [-0.15, -0.1) is 0 Å². The number of hydrogen-bond acceptors (Lipinski definition) is 4. The molecular weight excluding hydrogens is 280 g/mol. The molecule has 1 aromatic heterocycles. The van der Waals surface area contributed by atoms with Crippen molar-refractivity contribution in [3.8, 4) is 17.7 Å². The number of urea groups is 1. The zero-order valence-electron chi connectivity index (χ0n) is 12.4. The fourth-order valence-corrected chi connectivity index (χ4v) is 1.63. The van der Waals surface area contributed by atoms with Gasteiger partial charge in [-0.25, -0.2) is 9.78 Å². The molecule has 6 nitrogen and oxygen atoms in total. The van der Waals surface area contributed by atoms with Crippen molar-refractivity contribution in [2.75, 3.05) is 18.9 Å². The van der Waals surface area contributed by atoms with E-state index in [2.05, 4.69) is 10.3 Å². The Labute approximate surface area is 129 Å². The zero-order valence-corrected chi connectivity index (χ0v) is 12.4. The summed E-state index contributed by atoms with van der Waals surface area (Å²) >= 11 is 0. The van der Waals surface area contributed by atoms with Gasteiger partial charge in [-0.1, -0.05) is 6.07 Å². The average molecular weight is 296 g/mol. The second-order valence-electron chi connectivity index (χ2n) is 4.57. The Morgan fingerprint density at radius 3 is 2.86 bits per heavy atom. The first-order chi connectivity index (χ1) is 10.6. The molecule has 112 valence electrons. The second kappa shape index (κ2) is 7.09. The van der Waals surface area contributed by atoms with Crippen LogP contribution in [0, 0.1) is 11.3 Å². The Hall–Kier alpha value is -3.07. The van der Waals surface area contributed by atoms with E-state index in [1.165, 1.54) is 6.20 Å². The van der Waals surface area contributed by atoms with Crippen molar-refractivity contribution in [1.82, 2.24) is 9.88 Å². The monoisotopic (exact) mass is 296 g/mol. The van der Waals surface area contributed by atoms with Crippen molar-refractivity contribution in [3.63, 3.8) is 0 Å². The fourth-order valence-electron chi connectivity index (χ4n) is 1.63. The van der Waals surface area contributed by atoms with E-state index in [0.717, 1.165) is 0 Å². The van der Waals surface area contributed by atoms with E-state index in [9.17, 15) is 4.79 Å². The quantitative estimate of drug-likeness (QED) is 0.939. The van der Waals surface area contributed by atoms with Gasteiger partial charge in [0.1, 0.15) is 11.8 Å². The Kier molecular flexibility index (Phi) is 4.94. The van der Waals surface area contributed by atoms with Gasteiger partial charge in [-0.2, -0.15) is 5.26 Å². The maximum Gasteiger partial charge on any atom is 0.321 e. The highest BCUT2D eigenvalue weighted by Gasteiger charge is 2.07. The zero-order chi connectivity index (χ0) is 15.9. The van der Waals surface area contributed by atoms with Crippen LogP contribution >= 0.6 is 0 Å². The third-order valence-electron chi connectivity index (χ3n) is 2.99. The molecule has 0 saturated carbocycles. The Bertz CT molecular complexity index is 692. The highest BCUT2D eigenvalue weighted by molar-refractivity contribution is 5.89. The number of benzene rings is 1. The van der Waals surface area contributed by atoms with Crippen molar-refractivity contribution in [2.24, 2.45) is 0 Å². The summed E-state index contributed by atoms with van der Waals surface area (Å²) in [5.74, 6) is 0.933. The Morgan fingerprint density at radius 1 is 1.41 bits per heavy atom. The van der Waals surface area contributed by atoms with Gasteiger partial charge in [-0.05, 0) is 25.1 Å². The van der Waals surface area contributed by atoms with Gasteiger partial charge in [0, 0.05) is 37.6 Å². The molecule has 0 spiro atoms. The van der Waals surface area contributed by atoms with Gasteiger partial charge >= 0.3 is 6.03 Å². The number of amides is 2. The molecule has 0 aliphatic rings. The van der Waals surface area contributed by atoms with Crippen LogP contribution in [0.5, 0.6) is 11.6 Å². The van der Waals surface area contributed by atoms with Gasteiger partial charge in [0.05, 0.1) is 5.56 Å². The Morgan fingerprint density at radius 2 is 2.23 bits per heavy atom. The highest BCUT2D eigenvalue weighted by atomic mass is 16.5. The van der Waals surface area contributed by atoms with E-state index < -0.39 is 0 Å². The maximum absolute atomic E-state index is 11.8. The number of hydrogen-bond donors (Lipinski definition) is 1. The summed E-state index contributed by atoms with van der Waals surface area (Å²) in [6.45, 7) is 2.52. The molecule has 0 aliphatic heterocycles. The first kappa shape index (κ1) is 15.3. The molecule has 1 heterocycles. The van der Waals surface area contributed by atoms with E-state index >= 15 is 0 Å². The van der Waals surface area contributed by atoms with Crippen LogP contribution in [-0.4, -0.2) is 29.5 Å². The number of ether oxygens (including phenoxy) is 1. The summed E-state index contributed by atoms with van der Waals surface area (Å²) in [5.41, 5.74) is 1.10. The molecule has 0 atom stereocenters. The lowest BCUT2D eigenvalue weighted by Gasteiger charge is -2.15. The molecule has 0 unspecified atom stereocenters. The number of rotatable bonds is 4. The van der Waals surface area contributed by atoms with Crippen molar-refractivity contribution < 1.29 is 9.53 Å².